The minimum Gasteiger partial charge on any atom is -0.453 e. The Hall–Kier alpha value is -3.29. The fourth-order valence-electron chi connectivity index (χ4n) is 4.00. The molecular formula is C24H29ClFN7O4S. The summed E-state index contributed by atoms with van der Waals surface area (Å²) in [5, 5.41) is 10.7. The van der Waals surface area contributed by atoms with E-state index in [0.29, 0.717) is 36.1 Å². The van der Waals surface area contributed by atoms with E-state index in [1.54, 1.807) is 30.1 Å². The molecule has 0 aliphatic carbocycles. The second kappa shape index (κ2) is 12.5. The van der Waals surface area contributed by atoms with E-state index in [1.807, 2.05) is 0 Å². The molecule has 204 valence electrons. The zero-order valence-electron chi connectivity index (χ0n) is 21.2. The van der Waals surface area contributed by atoms with Crippen LogP contribution in [0.2, 0.25) is 5.02 Å². The molecule has 2 unspecified atom stereocenters. The first-order chi connectivity index (χ1) is 18.2. The van der Waals surface area contributed by atoms with Crippen molar-refractivity contribution in [1.29, 1.82) is 0 Å². The molecular weight excluding hydrogens is 537 g/mol. The van der Waals surface area contributed by atoms with Gasteiger partial charge in [-0.15, -0.1) is 0 Å². The molecule has 14 heteroatoms. The standard InChI is InChI=1S/C24H29ClFN7O4S/c1-14(29-24(34)36-2)12-28-23-27-8-7-18(30-23)17-13-33(20-6-4-5-9-37-20)31-22(17)16-10-15(25)11-19(21(16)26)32-38(3)35/h7-8,10-11,13-14,20,32H,4-6,9,12H2,1-3H3,(H,29,34)(H,27,28,30)/t14-,20?,38?/m0/s1. The van der Waals surface area contributed by atoms with Crippen LogP contribution < -0.4 is 15.4 Å². The maximum atomic E-state index is 15.6. The number of halogens is 2. The second-order valence-electron chi connectivity index (χ2n) is 8.75. The van der Waals surface area contributed by atoms with Gasteiger partial charge in [-0.2, -0.15) is 5.10 Å². The summed E-state index contributed by atoms with van der Waals surface area (Å²) < 4.78 is 42.2. The molecule has 11 nitrogen and oxygen atoms in total. The number of carbonyl (C=O) groups excluding carboxylic acids is 1. The van der Waals surface area contributed by atoms with Crippen molar-refractivity contribution in [1.82, 2.24) is 25.1 Å². The number of carbonyl (C=O) groups is 1. The molecule has 3 N–H and O–H groups in total. The molecule has 1 saturated heterocycles. The highest BCUT2D eigenvalue weighted by molar-refractivity contribution is 7.85. The number of anilines is 2. The van der Waals surface area contributed by atoms with E-state index in [1.165, 1.54) is 25.5 Å². The van der Waals surface area contributed by atoms with Gasteiger partial charge in [-0.1, -0.05) is 11.6 Å². The van der Waals surface area contributed by atoms with Crippen molar-refractivity contribution >= 4 is 40.3 Å². The average Bonchev–Trinajstić information content (AvgIpc) is 3.35. The van der Waals surface area contributed by atoms with Gasteiger partial charge >= 0.3 is 6.09 Å². The van der Waals surface area contributed by atoms with Crippen LogP contribution in [-0.2, 0) is 20.5 Å². The van der Waals surface area contributed by atoms with Crippen LogP contribution in [0.1, 0.15) is 32.4 Å². The zero-order valence-corrected chi connectivity index (χ0v) is 22.7. The molecule has 1 aliphatic rings. The highest BCUT2D eigenvalue weighted by atomic mass is 35.5. The summed E-state index contributed by atoms with van der Waals surface area (Å²) in [4.78, 5) is 20.3. The molecule has 0 saturated carbocycles. The predicted molar refractivity (Wildman–Crippen MR) is 144 cm³/mol. The van der Waals surface area contributed by atoms with Gasteiger partial charge in [-0.3, -0.25) is 0 Å². The fraction of sp³-hybridized carbons (Fsp3) is 0.417. The molecule has 1 amide bonds. The molecule has 1 aromatic carbocycles. The van der Waals surface area contributed by atoms with Crippen LogP contribution in [0.5, 0.6) is 0 Å². The lowest BCUT2D eigenvalue weighted by Crippen LogP contribution is -2.37. The van der Waals surface area contributed by atoms with Gasteiger partial charge in [0.05, 0.1) is 18.5 Å². The SMILES string of the molecule is COC(=O)N[C@@H](C)CNc1nccc(-c2cn(C3CCCCO3)nc2-c2cc(Cl)cc(NS(C)=O)c2F)n1. The summed E-state index contributed by atoms with van der Waals surface area (Å²) in [5.41, 5.74) is 1.45. The topological polar surface area (TPSA) is 132 Å². The first-order valence-corrected chi connectivity index (χ1v) is 13.9. The monoisotopic (exact) mass is 565 g/mol. The Morgan fingerprint density at radius 2 is 2.18 bits per heavy atom. The summed E-state index contributed by atoms with van der Waals surface area (Å²) in [7, 11) is -0.218. The minimum absolute atomic E-state index is 0.000105. The number of aromatic nitrogens is 4. The highest BCUT2D eigenvalue weighted by Crippen LogP contribution is 2.38. The third-order valence-electron chi connectivity index (χ3n) is 5.78. The van der Waals surface area contributed by atoms with Gasteiger partial charge in [0.1, 0.15) is 22.9 Å². The third kappa shape index (κ3) is 6.77. The van der Waals surface area contributed by atoms with Crippen LogP contribution >= 0.6 is 11.6 Å². The summed E-state index contributed by atoms with van der Waals surface area (Å²) >= 11 is 6.31. The summed E-state index contributed by atoms with van der Waals surface area (Å²) in [6.07, 6.45) is 6.61. The number of benzene rings is 1. The zero-order chi connectivity index (χ0) is 27.2. The Kier molecular flexibility index (Phi) is 9.13. The molecule has 1 aliphatic heterocycles. The Morgan fingerprint density at radius 1 is 1.37 bits per heavy atom. The van der Waals surface area contributed by atoms with Crippen molar-refractivity contribution in [3.8, 4) is 22.5 Å². The number of methoxy groups -OCH3 is 1. The number of alkyl carbamates (subject to hydrolysis) is 1. The van der Waals surface area contributed by atoms with E-state index in [-0.39, 0.29) is 28.5 Å². The Labute approximate surface area is 227 Å². The van der Waals surface area contributed by atoms with E-state index in [4.69, 9.17) is 21.4 Å². The van der Waals surface area contributed by atoms with Crippen molar-refractivity contribution in [2.75, 3.05) is 36.6 Å². The quantitative estimate of drug-likeness (QED) is 0.349. The number of hydrogen-bond acceptors (Lipinski definition) is 8. The van der Waals surface area contributed by atoms with Crippen molar-refractivity contribution in [3.63, 3.8) is 0 Å². The van der Waals surface area contributed by atoms with Gasteiger partial charge < -0.3 is 24.8 Å². The van der Waals surface area contributed by atoms with Crippen LogP contribution in [0, 0.1) is 5.82 Å². The molecule has 0 radical (unpaired) electrons. The lowest BCUT2D eigenvalue weighted by Gasteiger charge is -2.22. The normalized spacial score (nSPS) is 16.9. The molecule has 1 fully saturated rings. The third-order valence-corrected chi connectivity index (χ3v) is 6.50. The van der Waals surface area contributed by atoms with Gasteiger partial charge in [-0.25, -0.2) is 28.0 Å². The first kappa shape index (κ1) is 27.7. The maximum absolute atomic E-state index is 15.6. The molecule has 3 heterocycles. The Morgan fingerprint density at radius 3 is 2.89 bits per heavy atom. The largest absolute Gasteiger partial charge is 0.453 e. The number of nitrogens with one attached hydrogen (secondary N) is 3. The molecule has 3 atom stereocenters. The summed E-state index contributed by atoms with van der Waals surface area (Å²) in [6, 6.07) is 4.28. The van der Waals surface area contributed by atoms with Gasteiger partial charge in [-0.05, 0) is 44.4 Å². The number of ether oxygens (including phenoxy) is 2. The number of hydrogen-bond donors (Lipinski definition) is 3. The molecule has 0 bridgehead atoms. The summed E-state index contributed by atoms with van der Waals surface area (Å²) in [5.74, 6) is -0.334. The lowest BCUT2D eigenvalue weighted by molar-refractivity contribution is -0.0393. The summed E-state index contributed by atoms with van der Waals surface area (Å²) in [6.45, 7) is 2.75. The van der Waals surface area contributed by atoms with Crippen molar-refractivity contribution in [3.05, 3.63) is 41.4 Å². The molecule has 0 spiro atoms. The van der Waals surface area contributed by atoms with E-state index in [9.17, 15) is 9.00 Å². The van der Waals surface area contributed by atoms with Crippen molar-refractivity contribution in [2.45, 2.75) is 38.5 Å². The van der Waals surface area contributed by atoms with E-state index < -0.39 is 22.9 Å². The van der Waals surface area contributed by atoms with Crippen LogP contribution in [-0.4, -0.2) is 62.6 Å². The first-order valence-electron chi connectivity index (χ1n) is 12.0. The average molecular weight is 566 g/mol. The second-order valence-corrected chi connectivity index (χ2v) is 10.3. The smallest absolute Gasteiger partial charge is 0.407 e. The van der Waals surface area contributed by atoms with Crippen LogP contribution in [0.3, 0.4) is 0 Å². The highest BCUT2D eigenvalue weighted by Gasteiger charge is 2.25. The van der Waals surface area contributed by atoms with E-state index in [0.717, 1.165) is 19.3 Å². The van der Waals surface area contributed by atoms with Crippen LogP contribution in [0.4, 0.5) is 20.8 Å². The Balaban J connectivity index is 1.72. The van der Waals surface area contributed by atoms with Gasteiger partial charge in [0.25, 0.3) is 0 Å². The minimum atomic E-state index is -1.51. The molecule has 2 aromatic heterocycles. The van der Waals surface area contributed by atoms with Crippen molar-refractivity contribution < 1.29 is 22.9 Å². The predicted octanol–water partition coefficient (Wildman–Crippen LogP) is 4.36. The van der Waals surface area contributed by atoms with Gasteiger partial charge in [0, 0.05) is 54.0 Å². The van der Waals surface area contributed by atoms with E-state index in [2.05, 4.69) is 30.1 Å². The Bertz CT molecular complexity index is 1320. The van der Waals surface area contributed by atoms with E-state index >= 15 is 4.39 Å². The number of rotatable bonds is 9. The fourth-order valence-corrected chi connectivity index (χ4v) is 4.67. The van der Waals surface area contributed by atoms with Gasteiger partial charge in [0.2, 0.25) is 5.95 Å². The lowest BCUT2D eigenvalue weighted by atomic mass is 10.0. The number of amides is 1. The van der Waals surface area contributed by atoms with Crippen molar-refractivity contribution in [2.24, 2.45) is 0 Å². The van der Waals surface area contributed by atoms with Crippen LogP contribution in [0.25, 0.3) is 22.5 Å². The van der Waals surface area contributed by atoms with Crippen LogP contribution in [0.15, 0.2) is 30.6 Å². The van der Waals surface area contributed by atoms with Gasteiger partial charge in [0.15, 0.2) is 5.82 Å². The number of nitrogens with zero attached hydrogens (tertiary/aromatic N) is 4. The molecule has 38 heavy (non-hydrogen) atoms. The molecule has 3 aromatic rings. The maximum Gasteiger partial charge on any atom is 0.407 e. The molecule has 4 rings (SSSR count).